The van der Waals surface area contributed by atoms with Crippen molar-refractivity contribution < 1.29 is 14.7 Å². The van der Waals surface area contributed by atoms with Crippen LogP contribution in [0.2, 0.25) is 0 Å². The Morgan fingerprint density at radius 3 is 2.50 bits per heavy atom. The molecule has 0 atom stereocenters. The minimum absolute atomic E-state index is 0.112. The monoisotopic (exact) mass is 271 g/mol. The van der Waals surface area contributed by atoms with Crippen LogP contribution in [0.25, 0.3) is 0 Å². The molecule has 2 aromatic rings. The van der Waals surface area contributed by atoms with E-state index in [-0.39, 0.29) is 11.3 Å². The second-order valence-electron chi connectivity index (χ2n) is 4.33. The Hall–Kier alpha value is -2.76. The van der Waals surface area contributed by atoms with Crippen molar-refractivity contribution in [3.63, 3.8) is 0 Å². The number of rotatable bonds is 3. The van der Waals surface area contributed by atoms with Gasteiger partial charge in [0.05, 0.1) is 17.5 Å². The van der Waals surface area contributed by atoms with Crippen LogP contribution in [0.4, 0.5) is 5.69 Å². The van der Waals surface area contributed by atoms with E-state index in [2.05, 4.69) is 15.3 Å². The van der Waals surface area contributed by atoms with Gasteiger partial charge in [-0.25, -0.2) is 9.78 Å². The number of carboxylic acids is 1. The zero-order valence-electron chi connectivity index (χ0n) is 11.0. The summed E-state index contributed by atoms with van der Waals surface area (Å²) < 4.78 is 0. The molecule has 1 heterocycles. The fourth-order valence-electron chi connectivity index (χ4n) is 1.59. The first-order valence-electron chi connectivity index (χ1n) is 5.91. The highest BCUT2D eigenvalue weighted by molar-refractivity contribution is 6.03. The van der Waals surface area contributed by atoms with Gasteiger partial charge in [0.15, 0.2) is 0 Å². The van der Waals surface area contributed by atoms with Gasteiger partial charge in [0, 0.05) is 11.9 Å². The third-order valence-corrected chi connectivity index (χ3v) is 2.75. The molecule has 0 spiro atoms. The number of carbonyl (C=O) groups is 2. The summed E-state index contributed by atoms with van der Waals surface area (Å²) in [6, 6.07) is 4.54. The van der Waals surface area contributed by atoms with Gasteiger partial charge < -0.3 is 10.4 Å². The molecule has 1 aromatic heterocycles. The molecule has 0 unspecified atom stereocenters. The summed E-state index contributed by atoms with van der Waals surface area (Å²) in [7, 11) is 0. The lowest BCUT2D eigenvalue weighted by atomic mass is 10.1. The first kappa shape index (κ1) is 13.7. The van der Waals surface area contributed by atoms with Crippen LogP contribution in [-0.4, -0.2) is 27.0 Å². The Bertz CT molecular complexity index is 666. The van der Waals surface area contributed by atoms with Crippen LogP contribution in [0.5, 0.6) is 0 Å². The lowest BCUT2D eigenvalue weighted by Gasteiger charge is -2.08. The molecule has 102 valence electrons. The number of nitrogens with one attached hydrogen (secondary N) is 1. The first-order chi connectivity index (χ1) is 9.47. The van der Waals surface area contributed by atoms with Crippen molar-refractivity contribution in [3.05, 3.63) is 53.1 Å². The predicted molar refractivity (Wildman–Crippen MR) is 72.9 cm³/mol. The van der Waals surface area contributed by atoms with Gasteiger partial charge >= 0.3 is 5.97 Å². The van der Waals surface area contributed by atoms with Crippen LogP contribution in [0.15, 0.2) is 30.6 Å². The van der Waals surface area contributed by atoms with Gasteiger partial charge in [-0.1, -0.05) is 6.07 Å². The smallest absolute Gasteiger partial charge is 0.335 e. The predicted octanol–water partition coefficient (Wildman–Crippen LogP) is 2.04. The van der Waals surface area contributed by atoms with Gasteiger partial charge in [-0.05, 0) is 31.5 Å². The largest absolute Gasteiger partial charge is 0.478 e. The summed E-state index contributed by atoms with van der Waals surface area (Å²) in [4.78, 5) is 30.9. The second kappa shape index (κ2) is 5.48. The molecule has 0 saturated heterocycles. The van der Waals surface area contributed by atoms with E-state index in [1.807, 2.05) is 0 Å². The molecule has 1 aromatic carbocycles. The molecule has 6 nitrogen and oxygen atoms in total. The highest BCUT2D eigenvalue weighted by Gasteiger charge is 2.11. The number of aromatic carboxylic acids is 1. The van der Waals surface area contributed by atoms with E-state index < -0.39 is 11.9 Å². The molecular formula is C14H13N3O3. The van der Waals surface area contributed by atoms with Crippen molar-refractivity contribution in [2.24, 2.45) is 0 Å². The molecule has 6 heteroatoms. The van der Waals surface area contributed by atoms with E-state index in [1.165, 1.54) is 24.5 Å². The maximum atomic E-state index is 12.0. The number of hydrogen-bond donors (Lipinski definition) is 2. The highest BCUT2D eigenvalue weighted by atomic mass is 16.4. The van der Waals surface area contributed by atoms with E-state index >= 15 is 0 Å². The van der Waals surface area contributed by atoms with Gasteiger partial charge in [0.25, 0.3) is 5.91 Å². The van der Waals surface area contributed by atoms with Crippen LogP contribution < -0.4 is 5.32 Å². The lowest BCUT2D eigenvalue weighted by molar-refractivity contribution is 0.0696. The molecule has 1 amide bonds. The molecule has 0 aliphatic rings. The maximum absolute atomic E-state index is 12.0. The summed E-state index contributed by atoms with van der Waals surface area (Å²) in [6.07, 6.45) is 2.87. The van der Waals surface area contributed by atoms with Gasteiger partial charge in [0.1, 0.15) is 5.69 Å². The van der Waals surface area contributed by atoms with Crippen LogP contribution in [0.1, 0.15) is 32.1 Å². The Labute approximate surface area is 115 Å². The van der Waals surface area contributed by atoms with E-state index in [1.54, 1.807) is 19.9 Å². The van der Waals surface area contributed by atoms with Gasteiger partial charge in [0.2, 0.25) is 0 Å². The molecule has 0 bridgehead atoms. The van der Waals surface area contributed by atoms with Crippen LogP contribution in [0.3, 0.4) is 0 Å². The Kier molecular flexibility index (Phi) is 3.74. The number of aromatic nitrogens is 2. The summed E-state index contributed by atoms with van der Waals surface area (Å²) in [5, 5.41) is 11.6. The third-order valence-electron chi connectivity index (χ3n) is 2.75. The number of amides is 1. The Morgan fingerprint density at radius 1 is 1.15 bits per heavy atom. The number of carboxylic acid groups (broad SMARTS) is 1. The van der Waals surface area contributed by atoms with Crippen molar-refractivity contribution in [1.29, 1.82) is 0 Å². The minimum Gasteiger partial charge on any atom is -0.478 e. The van der Waals surface area contributed by atoms with E-state index in [0.717, 1.165) is 5.56 Å². The second-order valence-corrected chi connectivity index (χ2v) is 4.33. The highest BCUT2D eigenvalue weighted by Crippen LogP contribution is 2.17. The Morgan fingerprint density at radius 2 is 1.90 bits per heavy atom. The van der Waals surface area contributed by atoms with E-state index in [4.69, 9.17) is 5.11 Å². The molecule has 20 heavy (non-hydrogen) atoms. The van der Waals surface area contributed by atoms with E-state index in [9.17, 15) is 9.59 Å². The molecule has 0 saturated carbocycles. The summed E-state index contributed by atoms with van der Waals surface area (Å²) >= 11 is 0. The van der Waals surface area contributed by atoms with Crippen molar-refractivity contribution in [3.8, 4) is 0 Å². The zero-order chi connectivity index (χ0) is 14.7. The third kappa shape index (κ3) is 2.97. The molecule has 2 N–H and O–H groups in total. The topological polar surface area (TPSA) is 92.2 Å². The number of carbonyl (C=O) groups excluding carboxylic acids is 1. The number of benzene rings is 1. The minimum atomic E-state index is -1.05. The molecule has 0 aliphatic heterocycles. The van der Waals surface area contributed by atoms with Crippen molar-refractivity contribution >= 4 is 17.6 Å². The molecule has 0 radical (unpaired) electrons. The summed E-state index contributed by atoms with van der Waals surface area (Å²) in [6.45, 7) is 3.55. The Balaban J connectivity index is 2.25. The zero-order valence-corrected chi connectivity index (χ0v) is 11.0. The van der Waals surface area contributed by atoms with Crippen LogP contribution >= 0.6 is 0 Å². The molecule has 2 rings (SSSR count). The van der Waals surface area contributed by atoms with Crippen molar-refractivity contribution in [2.45, 2.75) is 13.8 Å². The summed E-state index contributed by atoms with van der Waals surface area (Å²) in [5.74, 6) is -1.47. The molecular weight excluding hydrogens is 258 g/mol. The standard InChI is InChI=1S/C14H13N3O3/c1-8-3-4-10(14(19)20)5-11(8)17-13(18)12-7-15-9(2)6-16-12/h3-7H,1-2H3,(H,17,18)(H,19,20). The normalized spacial score (nSPS) is 10.1. The number of nitrogens with zero attached hydrogens (tertiary/aromatic N) is 2. The number of hydrogen-bond acceptors (Lipinski definition) is 4. The lowest BCUT2D eigenvalue weighted by Crippen LogP contribution is -2.15. The average Bonchev–Trinajstić information content (AvgIpc) is 2.41. The van der Waals surface area contributed by atoms with Crippen molar-refractivity contribution in [2.75, 3.05) is 5.32 Å². The number of anilines is 1. The maximum Gasteiger partial charge on any atom is 0.335 e. The number of aryl methyl sites for hydroxylation is 2. The average molecular weight is 271 g/mol. The van der Waals surface area contributed by atoms with Crippen LogP contribution in [0, 0.1) is 13.8 Å². The fraction of sp³-hybridized carbons (Fsp3) is 0.143. The fourth-order valence-corrected chi connectivity index (χ4v) is 1.59. The van der Waals surface area contributed by atoms with Gasteiger partial charge in [-0.3, -0.25) is 9.78 Å². The van der Waals surface area contributed by atoms with Gasteiger partial charge in [-0.15, -0.1) is 0 Å². The molecule has 0 fully saturated rings. The van der Waals surface area contributed by atoms with Crippen LogP contribution in [-0.2, 0) is 0 Å². The van der Waals surface area contributed by atoms with E-state index in [0.29, 0.717) is 11.4 Å². The first-order valence-corrected chi connectivity index (χ1v) is 5.91. The van der Waals surface area contributed by atoms with Gasteiger partial charge in [-0.2, -0.15) is 0 Å². The quantitative estimate of drug-likeness (QED) is 0.891. The van der Waals surface area contributed by atoms with Crippen molar-refractivity contribution in [1.82, 2.24) is 9.97 Å². The molecule has 0 aliphatic carbocycles. The summed E-state index contributed by atoms with van der Waals surface area (Å²) in [5.41, 5.74) is 2.21. The SMILES string of the molecule is Cc1cnc(C(=O)Nc2cc(C(=O)O)ccc2C)cn1.